The molecule has 2 aliphatic rings. The van der Waals surface area contributed by atoms with Gasteiger partial charge in [0.2, 0.25) is 5.91 Å². The van der Waals surface area contributed by atoms with Crippen LogP contribution in [0, 0.1) is 16.0 Å². The number of nitrogens with zero attached hydrogens (tertiary/aromatic N) is 3. The van der Waals surface area contributed by atoms with E-state index in [1.807, 2.05) is 11.0 Å². The average Bonchev–Trinajstić information content (AvgIpc) is 3.33. The minimum Gasteiger partial charge on any atom is -0.372 e. The SMILES string of the molecule is O=C(NCc1ccc(N2CCCC2)cc1)C1CCN(c2ccccc2[N+](=O)[O-])CC1. The highest BCUT2D eigenvalue weighted by atomic mass is 16.6. The first-order valence-electron chi connectivity index (χ1n) is 10.7. The van der Waals surface area contributed by atoms with Gasteiger partial charge in [0, 0.05) is 50.4 Å². The predicted octanol–water partition coefficient (Wildman–Crippen LogP) is 3.73. The number of carbonyl (C=O) groups excluding carboxylic acids is 1. The quantitative estimate of drug-likeness (QED) is 0.582. The summed E-state index contributed by atoms with van der Waals surface area (Å²) in [6, 6.07) is 15.3. The highest BCUT2D eigenvalue weighted by Crippen LogP contribution is 2.31. The Labute approximate surface area is 176 Å². The molecule has 0 bridgehead atoms. The van der Waals surface area contributed by atoms with E-state index in [1.54, 1.807) is 12.1 Å². The van der Waals surface area contributed by atoms with Gasteiger partial charge >= 0.3 is 0 Å². The zero-order valence-electron chi connectivity index (χ0n) is 17.1. The van der Waals surface area contributed by atoms with E-state index in [0.717, 1.165) is 18.7 Å². The second-order valence-corrected chi connectivity index (χ2v) is 8.09. The van der Waals surface area contributed by atoms with Crippen molar-refractivity contribution in [1.82, 2.24) is 5.32 Å². The number of amides is 1. The molecule has 0 atom stereocenters. The average molecular weight is 409 g/mol. The number of rotatable bonds is 6. The number of nitro benzene ring substituents is 1. The van der Waals surface area contributed by atoms with Crippen LogP contribution in [0.4, 0.5) is 17.1 Å². The van der Waals surface area contributed by atoms with Gasteiger partial charge in [-0.25, -0.2) is 0 Å². The molecular weight excluding hydrogens is 380 g/mol. The zero-order chi connectivity index (χ0) is 20.9. The number of nitrogens with one attached hydrogen (secondary N) is 1. The summed E-state index contributed by atoms with van der Waals surface area (Å²) in [5.74, 6) is 0.0220. The van der Waals surface area contributed by atoms with Crippen molar-refractivity contribution in [3.05, 3.63) is 64.2 Å². The van der Waals surface area contributed by atoms with Crippen LogP contribution in [0.1, 0.15) is 31.2 Å². The van der Waals surface area contributed by atoms with Crippen LogP contribution in [0.15, 0.2) is 48.5 Å². The predicted molar refractivity (Wildman–Crippen MR) is 118 cm³/mol. The summed E-state index contributed by atoms with van der Waals surface area (Å²) in [5.41, 5.74) is 3.12. The Kier molecular flexibility index (Phi) is 6.16. The van der Waals surface area contributed by atoms with Crippen molar-refractivity contribution in [2.45, 2.75) is 32.2 Å². The Hall–Kier alpha value is -3.09. The zero-order valence-corrected chi connectivity index (χ0v) is 17.1. The van der Waals surface area contributed by atoms with Gasteiger partial charge in [-0.15, -0.1) is 0 Å². The Morgan fingerprint density at radius 3 is 2.30 bits per heavy atom. The summed E-state index contributed by atoms with van der Waals surface area (Å²) >= 11 is 0. The van der Waals surface area contributed by atoms with Crippen LogP contribution in [-0.4, -0.2) is 37.0 Å². The lowest BCUT2D eigenvalue weighted by Crippen LogP contribution is -2.40. The Balaban J connectivity index is 1.27. The van der Waals surface area contributed by atoms with Crippen LogP contribution in [0.2, 0.25) is 0 Å². The van der Waals surface area contributed by atoms with E-state index in [4.69, 9.17) is 0 Å². The molecule has 0 aliphatic carbocycles. The first-order chi connectivity index (χ1) is 14.6. The maximum absolute atomic E-state index is 12.6. The van der Waals surface area contributed by atoms with E-state index in [1.165, 1.54) is 24.6 Å². The van der Waals surface area contributed by atoms with Gasteiger partial charge in [0.05, 0.1) is 4.92 Å². The van der Waals surface area contributed by atoms with Crippen LogP contribution >= 0.6 is 0 Å². The monoisotopic (exact) mass is 408 g/mol. The Morgan fingerprint density at radius 2 is 1.63 bits per heavy atom. The topological polar surface area (TPSA) is 78.7 Å². The van der Waals surface area contributed by atoms with Crippen molar-refractivity contribution >= 4 is 23.0 Å². The minimum absolute atomic E-state index is 0.0482. The van der Waals surface area contributed by atoms with Crippen molar-refractivity contribution in [1.29, 1.82) is 0 Å². The number of para-hydroxylation sites is 2. The summed E-state index contributed by atoms with van der Waals surface area (Å²) in [5, 5.41) is 14.3. The molecule has 4 rings (SSSR count). The molecule has 2 aromatic rings. The lowest BCUT2D eigenvalue weighted by Gasteiger charge is -2.32. The van der Waals surface area contributed by atoms with E-state index in [0.29, 0.717) is 38.2 Å². The molecule has 2 heterocycles. The molecule has 158 valence electrons. The van der Waals surface area contributed by atoms with Gasteiger partial charge in [0.25, 0.3) is 5.69 Å². The first kappa shape index (κ1) is 20.2. The molecule has 7 nitrogen and oxygen atoms in total. The maximum atomic E-state index is 12.6. The van der Waals surface area contributed by atoms with Gasteiger partial charge in [-0.1, -0.05) is 24.3 Å². The molecule has 0 spiro atoms. The van der Waals surface area contributed by atoms with Crippen LogP contribution in [0.5, 0.6) is 0 Å². The maximum Gasteiger partial charge on any atom is 0.292 e. The van der Waals surface area contributed by atoms with Crippen LogP contribution < -0.4 is 15.1 Å². The lowest BCUT2D eigenvalue weighted by molar-refractivity contribution is -0.384. The molecule has 1 amide bonds. The third-order valence-corrected chi connectivity index (χ3v) is 6.16. The molecule has 0 saturated carbocycles. The van der Waals surface area contributed by atoms with Crippen LogP contribution in [0.25, 0.3) is 0 Å². The van der Waals surface area contributed by atoms with Crippen molar-refractivity contribution in [3.63, 3.8) is 0 Å². The normalized spacial score (nSPS) is 17.2. The molecule has 7 heteroatoms. The summed E-state index contributed by atoms with van der Waals surface area (Å²) in [4.78, 5) is 27.9. The van der Waals surface area contributed by atoms with Gasteiger partial charge in [0.1, 0.15) is 5.69 Å². The van der Waals surface area contributed by atoms with Gasteiger partial charge in [-0.05, 0) is 49.4 Å². The molecule has 30 heavy (non-hydrogen) atoms. The lowest BCUT2D eigenvalue weighted by atomic mass is 9.95. The number of hydrogen-bond acceptors (Lipinski definition) is 5. The summed E-state index contributed by atoms with van der Waals surface area (Å²) in [7, 11) is 0. The van der Waals surface area contributed by atoms with Crippen molar-refractivity contribution in [2.24, 2.45) is 5.92 Å². The highest BCUT2D eigenvalue weighted by Gasteiger charge is 2.28. The molecule has 0 aromatic heterocycles. The van der Waals surface area contributed by atoms with Gasteiger partial charge in [0.15, 0.2) is 0 Å². The third kappa shape index (κ3) is 4.56. The molecule has 2 fully saturated rings. The van der Waals surface area contributed by atoms with Gasteiger partial charge < -0.3 is 15.1 Å². The van der Waals surface area contributed by atoms with E-state index >= 15 is 0 Å². The summed E-state index contributed by atoms with van der Waals surface area (Å²) in [6.07, 6.45) is 3.92. The van der Waals surface area contributed by atoms with Crippen LogP contribution in [0.3, 0.4) is 0 Å². The number of nitro groups is 1. The van der Waals surface area contributed by atoms with E-state index in [-0.39, 0.29) is 22.4 Å². The van der Waals surface area contributed by atoms with Gasteiger partial charge in [-0.3, -0.25) is 14.9 Å². The molecule has 2 aliphatic heterocycles. The van der Waals surface area contributed by atoms with Gasteiger partial charge in [-0.2, -0.15) is 0 Å². The largest absolute Gasteiger partial charge is 0.372 e. The minimum atomic E-state index is -0.344. The number of benzene rings is 2. The fraction of sp³-hybridized carbons (Fsp3) is 0.435. The Morgan fingerprint density at radius 1 is 0.967 bits per heavy atom. The number of hydrogen-bond donors (Lipinski definition) is 1. The highest BCUT2D eigenvalue weighted by molar-refractivity contribution is 5.79. The van der Waals surface area contributed by atoms with Crippen molar-refractivity contribution in [2.75, 3.05) is 36.0 Å². The van der Waals surface area contributed by atoms with E-state index in [9.17, 15) is 14.9 Å². The van der Waals surface area contributed by atoms with Crippen molar-refractivity contribution < 1.29 is 9.72 Å². The number of carbonyl (C=O) groups is 1. The first-order valence-corrected chi connectivity index (χ1v) is 10.7. The number of anilines is 2. The molecule has 2 aromatic carbocycles. The van der Waals surface area contributed by atoms with E-state index in [2.05, 4.69) is 34.5 Å². The van der Waals surface area contributed by atoms with E-state index < -0.39 is 0 Å². The summed E-state index contributed by atoms with van der Waals surface area (Å²) in [6.45, 7) is 4.08. The smallest absolute Gasteiger partial charge is 0.292 e. The fourth-order valence-electron chi connectivity index (χ4n) is 4.40. The molecule has 2 saturated heterocycles. The van der Waals surface area contributed by atoms with Crippen LogP contribution in [-0.2, 0) is 11.3 Å². The second-order valence-electron chi connectivity index (χ2n) is 8.09. The summed E-state index contributed by atoms with van der Waals surface area (Å²) < 4.78 is 0. The molecular formula is C23H28N4O3. The third-order valence-electron chi connectivity index (χ3n) is 6.16. The molecule has 0 unspecified atom stereocenters. The fourth-order valence-corrected chi connectivity index (χ4v) is 4.40. The molecule has 0 radical (unpaired) electrons. The van der Waals surface area contributed by atoms with Crippen molar-refractivity contribution in [3.8, 4) is 0 Å². The second kappa shape index (κ2) is 9.15. The standard InChI is InChI=1S/C23H28N4O3/c28-23(24-17-18-7-9-20(10-8-18)25-13-3-4-14-25)19-11-15-26(16-12-19)21-5-1-2-6-22(21)27(29)30/h1-2,5-10,19H,3-4,11-17H2,(H,24,28). The number of piperidine rings is 1. The molecule has 1 N–H and O–H groups in total. The Bertz CT molecular complexity index is 886.